The lowest BCUT2D eigenvalue weighted by Crippen LogP contribution is -1.98. The first-order valence-electron chi connectivity index (χ1n) is 7.87. The van der Waals surface area contributed by atoms with Crippen molar-refractivity contribution in [2.24, 2.45) is 10.7 Å². The van der Waals surface area contributed by atoms with Gasteiger partial charge in [-0.25, -0.2) is 15.0 Å². The van der Waals surface area contributed by atoms with E-state index >= 15 is 0 Å². The maximum Gasteiger partial charge on any atom is 0.321 e. The van der Waals surface area contributed by atoms with Crippen molar-refractivity contribution in [2.75, 3.05) is 0 Å². The molecule has 0 aliphatic carbocycles. The van der Waals surface area contributed by atoms with Crippen LogP contribution in [0.5, 0.6) is 11.8 Å². The van der Waals surface area contributed by atoms with Crippen LogP contribution in [0.4, 0.5) is 0 Å². The van der Waals surface area contributed by atoms with Crippen molar-refractivity contribution in [1.82, 2.24) is 9.97 Å². The molecule has 0 fully saturated rings. The first-order valence-corrected chi connectivity index (χ1v) is 7.87. The molecule has 128 valence electrons. The van der Waals surface area contributed by atoms with Crippen LogP contribution in [0.1, 0.15) is 15.9 Å². The van der Waals surface area contributed by atoms with Crippen LogP contribution in [0.3, 0.4) is 0 Å². The predicted molar refractivity (Wildman–Crippen MR) is 100.0 cm³/mol. The minimum Gasteiger partial charge on any atom is -0.424 e. The number of ether oxygens (including phenoxy) is 1. The molecule has 26 heavy (non-hydrogen) atoms. The van der Waals surface area contributed by atoms with Crippen molar-refractivity contribution in [3.8, 4) is 11.8 Å². The molecular formula is C20H16N4O2. The molecule has 0 atom stereocenters. The standard InChI is InChI=1S/C20H16N4O2/c21-18(11-14-22-19(25)16-5-2-1-3-6-16)15-7-9-17(10-8-15)26-20-23-12-4-13-24-20/h1-14H,21H2. The number of hydrogen-bond acceptors (Lipinski definition) is 5. The van der Waals surface area contributed by atoms with Gasteiger partial charge < -0.3 is 10.5 Å². The Hall–Kier alpha value is -3.80. The van der Waals surface area contributed by atoms with Gasteiger partial charge in [0.2, 0.25) is 0 Å². The SMILES string of the molecule is NC(=CC=NC(=O)c1ccccc1)c1ccc(Oc2ncccn2)cc1. The van der Waals surface area contributed by atoms with E-state index in [9.17, 15) is 4.79 Å². The van der Waals surface area contributed by atoms with Crippen LogP contribution in [-0.2, 0) is 0 Å². The minimum atomic E-state index is -0.318. The average molecular weight is 344 g/mol. The summed E-state index contributed by atoms with van der Waals surface area (Å²) in [6.45, 7) is 0. The van der Waals surface area contributed by atoms with Crippen molar-refractivity contribution in [3.05, 3.63) is 90.3 Å². The maximum absolute atomic E-state index is 11.9. The van der Waals surface area contributed by atoms with E-state index < -0.39 is 0 Å². The van der Waals surface area contributed by atoms with E-state index in [1.54, 1.807) is 73.1 Å². The number of carbonyl (C=O) groups is 1. The summed E-state index contributed by atoms with van der Waals surface area (Å²) in [6, 6.07) is 18.0. The minimum absolute atomic E-state index is 0.273. The fourth-order valence-corrected chi connectivity index (χ4v) is 2.10. The number of rotatable bonds is 5. The Bertz CT molecular complexity index is 921. The topological polar surface area (TPSA) is 90.5 Å². The monoisotopic (exact) mass is 344 g/mol. The highest BCUT2D eigenvalue weighted by Gasteiger charge is 2.02. The molecule has 6 heteroatoms. The maximum atomic E-state index is 11.9. The average Bonchev–Trinajstić information content (AvgIpc) is 2.70. The molecule has 1 aromatic heterocycles. The van der Waals surface area contributed by atoms with Gasteiger partial charge in [-0.1, -0.05) is 18.2 Å². The van der Waals surface area contributed by atoms with E-state index in [1.165, 1.54) is 6.21 Å². The molecule has 1 heterocycles. The fraction of sp³-hybridized carbons (Fsp3) is 0. The molecule has 6 nitrogen and oxygen atoms in total. The summed E-state index contributed by atoms with van der Waals surface area (Å²) in [7, 11) is 0. The highest BCUT2D eigenvalue weighted by molar-refractivity contribution is 6.01. The first-order chi connectivity index (χ1) is 12.7. The Morgan fingerprint density at radius 1 is 0.923 bits per heavy atom. The predicted octanol–water partition coefficient (Wildman–Crippen LogP) is 3.48. The molecule has 0 aliphatic heterocycles. The molecule has 0 radical (unpaired) electrons. The second-order valence-electron chi connectivity index (χ2n) is 5.23. The molecule has 0 saturated carbocycles. The Kier molecular flexibility index (Phi) is 5.47. The van der Waals surface area contributed by atoms with E-state index in [0.29, 0.717) is 17.0 Å². The number of benzene rings is 2. The number of nitrogens with zero attached hydrogens (tertiary/aromatic N) is 3. The van der Waals surface area contributed by atoms with Crippen LogP contribution in [0.15, 0.2) is 84.1 Å². The van der Waals surface area contributed by atoms with Crippen molar-refractivity contribution in [1.29, 1.82) is 0 Å². The van der Waals surface area contributed by atoms with Crippen LogP contribution in [-0.4, -0.2) is 22.1 Å². The van der Waals surface area contributed by atoms with Gasteiger partial charge in [0, 0.05) is 29.9 Å². The second-order valence-corrected chi connectivity index (χ2v) is 5.23. The number of carbonyl (C=O) groups excluding carboxylic acids is 1. The quantitative estimate of drug-likeness (QED) is 0.716. The summed E-state index contributed by atoms with van der Waals surface area (Å²) < 4.78 is 5.52. The van der Waals surface area contributed by atoms with Crippen molar-refractivity contribution >= 4 is 17.8 Å². The molecular weight excluding hydrogens is 328 g/mol. The van der Waals surface area contributed by atoms with Gasteiger partial charge in [0.05, 0.1) is 0 Å². The van der Waals surface area contributed by atoms with E-state index in [1.807, 2.05) is 6.07 Å². The lowest BCUT2D eigenvalue weighted by atomic mass is 10.1. The van der Waals surface area contributed by atoms with E-state index in [-0.39, 0.29) is 11.9 Å². The highest BCUT2D eigenvalue weighted by atomic mass is 16.5. The van der Waals surface area contributed by atoms with Crippen molar-refractivity contribution in [3.63, 3.8) is 0 Å². The summed E-state index contributed by atoms with van der Waals surface area (Å²) in [5, 5.41) is 0. The summed E-state index contributed by atoms with van der Waals surface area (Å²) in [6.07, 6.45) is 6.19. The van der Waals surface area contributed by atoms with Gasteiger partial charge in [0.1, 0.15) is 5.75 Å². The van der Waals surface area contributed by atoms with Crippen LogP contribution >= 0.6 is 0 Å². The van der Waals surface area contributed by atoms with Crippen molar-refractivity contribution in [2.45, 2.75) is 0 Å². The Labute approximate surface area is 150 Å². The largest absolute Gasteiger partial charge is 0.424 e. The van der Waals surface area contributed by atoms with Gasteiger partial charge in [0.15, 0.2) is 0 Å². The molecule has 0 bridgehead atoms. The molecule has 3 aromatic rings. The zero-order valence-corrected chi connectivity index (χ0v) is 13.8. The summed E-state index contributed by atoms with van der Waals surface area (Å²) in [4.78, 5) is 23.7. The van der Waals surface area contributed by atoms with Gasteiger partial charge in [-0.2, -0.15) is 0 Å². The fourth-order valence-electron chi connectivity index (χ4n) is 2.10. The van der Waals surface area contributed by atoms with Crippen LogP contribution < -0.4 is 10.5 Å². The smallest absolute Gasteiger partial charge is 0.321 e. The number of allylic oxidation sites excluding steroid dienone is 1. The van der Waals surface area contributed by atoms with Crippen LogP contribution in [0, 0.1) is 0 Å². The Morgan fingerprint density at radius 3 is 2.31 bits per heavy atom. The molecule has 0 unspecified atom stereocenters. The van der Waals surface area contributed by atoms with Crippen LogP contribution in [0.2, 0.25) is 0 Å². The Morgan fingerprint density at radius 2 is 1.62 bits per heavy atom. The molecule has 2 aromatic carbocycles. The van der Waals surface area contributed by atoms with E-state index in [0.717, 1.165) is 5.56 Å². The normalized spacial score (nSPS) is 11.5. The third kappa shape index (κ3) is 4.61. The van der Waals surface area contributed by atoms with Gasteiger partial charge in [-0.3, -0.25) is 4.79 Å². The number of amides is 1. The van der Waals surface area contributed by atoms with E-state index in [4.69, 9.17) is 10.5 Å². The van der Waals surface area contributed by atoms with Gasteiger partial charge in [-0.15, -0.1) is 0 Å². The Balaban J connectivity index is 1.64. The molecule has 0 aliphatic rings. The molecule has 0 spiro atoms. The zero-order valence-electron chi connectivity index (χ0n) is 13.8. The van der Waals surface area contributed by atoms with Crippen LogP contribution in [0.25, 0.3) is 5.70 Å². The number of aliphatic imine (C=N–C) groups is 1. The molecule has 2 N–H and O–H groups in total. The van der Waals surface area contributed by atoms with Gasteiger partial charge >= 0.3 is 6.01 Å². The zero-order chi connectivity index (χ0) is 18.2. The van der Waals surface area contributed by atoms with Gasteiger partial charge in [-0.05, 0) is 54.1 Å². The summed E-state index contributed by atoms with van der Waals surface area (Å²) in [5.41, 5.74) is 7.81. The molecule has 0 saturated heterocycles. The number of nitrogens with two attached hydrogens (primary N) is 1. The van der Waals surface area contributed by atoms with E-state index in [2.05, 4.69) is 15.0 Å². The number of hydrogen-bond donors (Lipinski definition) is 1. The first kappa shape index (κ1) is 17.0. The summed E-state index contributed by atoms with van der Waals surface area (Å²) >= 11 is 0. The number of aromatic nitrogens is 2. The van der Waals surface area contributed by atoms with Crippen molar-refractivity contribution < 1.29 is 9.53 Å². The molecule has 3 rings (SSSR count). The second kappa shape index (κ2) is 8.34. The summed E-state index contributed by atoms with van der Waals surface area (Å²) in [5.74, 6) is 0.280. The lowest BCUT2D eigenvalue weighted by molar-refractivity contribution is 0.100. The highest BCUT2D eigenvalue weighted by Crippen LogP contribution is 2.19. The van der Waals surface area contributed by atoms with Gasteiger partial charge in [0.25, 0.3) is 5.91 Å². The third-order valence-corrected chi connectivity index (χ3v) is 3.41. The lowest BCUT2D eigenvalue weighted by Gasteiger charge is -2.05. The third-order valence-electron chi connectivity index (χ3n) is 3.41. The molecule has 1 amide bonds.